The summed E-state index contributed by atoms with van der Waals surface area (Å²) >= 11 is 0. The van der Waals surface area contributed by atoms with Crippen LogP contribution < -0.4 is 0 Å². The lowest BCUT2D eigenvalue weighted by Gasteiger charge is -2.39. The van der Waals surface area contributed by atoms with E-state index in [0.29, 0.717) is 6.42 Å². The van der Waals surface area contributed by atoms with Gasteiger partial charge in [0, 0.05) is 26.6 Å². The maximum Gasteiger partial charge on any atom is 0.222 e. The van der Waals surface area contributed by atoms with E-state index in [1.54, 1.807) is 7.11 Å². The van der Waals surface area contributed by atoms with Crippen molar-refractivity contribution in [3.63, 3.8) is 0 Å². The van der Waals surface area contributed by atoms with E-state index in [0.717, 1.165) is 25.9 Å². The van der Waals surface area contributed by atoms with Crippen molar-refractivity contribution in [1.29, 1.82) is 0 Å². The molecule has 1 heterocycles. The number of ether oxygens (including phenoxy) is 1. The number of piperidine rings is 1. The van der Waals surface area contributed by atoms with Crippen LogP contribution in [-0.2, 0) is 9.53 Å². The molecule has 1 aliphatic heterocycles. The number of likely N-dealkylation sites (tertiary alicyclic amines) is 1. The highest BCUT2D eigenvalue weighted by Gasteiger charge is 2.32. The van der Waals surface area contributed by atoms with Crippen LogP contribution in [0.2, 0.25) is 0 Å². The predicted molar refractivity (Wildman–Crippen MR) is 51.5 cm³/mol. The van der Waals surface area contributed by atoms with Gasteiger partial charge in [-0.1, -0.05) is 6.92 Å². The van der Waals surface area contributed by atoms with Crippen LogP contribution in [0, 0.1) is 0 Å². The monoisotopic (exact) mass is 185 g/mol. The molecule has 1 atom stereocenters. The topological polar surface area (TPSA) is 29.5 Å². The van der Waals surface area contributed by atoms with Gasteiger partial charge in [0.1, 0.15) is 0 Å². The summed E-state index contributed by atoms with van der Waals surface area (Å²) in [6, 6.07) is 0. The van der Waals surface area contributed by atoms with Gasteiger partial charge in [0.25, 0.3) is 0 Å². The summed E-state index contributed by atoms with van der Waals surface area (Å²) in [6.07, 6.45) is 2.70. The Morgan fingerprint density at radius 3 is 2.85 bits per heavy atom. The molecular weight excluding hydrogens is 166 g/mol. The van der Waals surface area contributed by atoms with Crippen molar-refractivity contribution in [3.05, 3.63) is 0 Å². The summed E-state index contributed by atoms with van der Waals surface area (Å²) in [7, 11) is 1.72. The molecule has 1 rings (SSSR count). The molecule has 0 aromatic carbocycles. The second kappa shape index (κ2) is 4.09. The fourth-order valence-corrected chi connectivity index (χ4v) is 1.81. The average molecular weight is 185 g/mol. The number of amides is 1. The molecule has 0 aromatic heterocycles. The molecule has 3 heteroatoms. The van der Waals surface area contributed by atoms with Gasteiger partial charge in [0.2, 0.25) is 5.91 Å². The maximum atomic E-state index is 11.4. The Labute approximate surface area is 80.1 Å². The summed E-state index contributed by atoms with van der Waals surface area (Å²) in [5, 5.41) is 0. The molecular formula is C10H19NO2. The van der Waals surface area contributed by atoms with Crippen molar-refractivity contribution in [2.75, 3.05) is 20.2 Å². The zero-order chi connectivity index (χ0) is 9.90. The normalized spacial score (nSPS) is 29.0. The fraction of sp³-hybridized carbons (Fsp3) is 0.900. The molecule has 0 spiro atoms. The third-order valence-corrected chi connectivity index (χ3v) is 2.81. The third-order valence-electron chi connectivity index (χ3n) is 2.81. The van der Waals surface area contributed by atoms with Gasteiger partial charge in [-0.2, -0.15) is 0 Å². The van der Waals surface area contributed by atoms with E-state index in [1.807, 2.05) is 11.8 Å². The van der Waals surface area contributed by atoms with E-state index in [9.17, 15) is 4.79 Å². The van der Waals surface area contributed by atoms with Crippen molar-refractivity contribution in [1.82, 2.24) is 4.90 Å². The van der Waals surface area contributed by atoms with Gasteiger partial charge >= 0.3 is 0 Å². The summed E-state index contributed by atoms with van der Waals surface area (Å²) in [5.74, 6) is 0.239. The first kappa shape index (κ1) is 10.5. The number of methoxy groups -OCH3 is 1. The van der Waals surface area contributed by atoms with E-state index in [2.05, 4.69) is 6.92 Å². The molecule has 0 bridgehead atoms. The minimum Gasteiger partial charge on any atom is -0.377 e. The van der Waals surface area contributed by atoms with Crippen molar-refractivity contribution in [2.24, 2.45) is 0 Å². The van der Waals surface area contributed by atoms with Crippen LogP contribution >= 0.6 is 0 Å². The Kier molecular flexibility index (Phi) is 3.31. The van der Waals surface area contributed by atoms with Crippen LogP contribution in [0.25, 0.3) is 0 Å². The molecule has 0 aromatic rings. The largest absolute Gasteiger partial charge is 0.377 e. The molecule has 1 amide bonds. The van der Waals surface area contributed by atoms with Crippen LogP contribution in [0.15, 0.2) is 0 Å². The molecule has 1 fully saturated rings. The minimum atomic E-state index is -0.122. The van der Waals surface area contributed by atoms with Crippen molar-refractivity contribution < 1.29 is 9.53 Å². The molecule has 0 N–H and O–H groups in total. The molecule has 3 nitrogen and oxygen atoms in total. The molecule has 1 unspecified atom stereocenters. The van der Waals surface area contributed by atoms with Gasteiger partial charge in [0.15, 0.2) is 0 Å². The van der Waals surface area contributed by atoms with Gasteiger partial charge < -0.3 is 9.64 Å². The molecule has 76 valence electrons. The smallest absolute Gasteiger partial charge is 0.222 e. The summed E-state index contributed by atoms with van der Waals surface area (Å²) in [4.78, 5) is 13.4. The van der Waals surface area contributed by atoms with Crippen molar-refractivity contribution in [3.8, 4) is 0 Å². The first-order valence-electron chi connectivity index (χ1n) is 4.94. The summed E-state index contributed by atoms with van der Waals surface area (Å²) in [5.41, 5.74) is -0.122. The first-order valence-corrected chi connectivity index (χ1v) is 4.94. The standard InChI is InChI=1S/C10H19NO2/c1-4-9(12)11-7-5-6-10(2,8-11)13-3/h4-8H2,1-3H3. The highest BCUT2D eigenvalue weighted by molar-refractivity contribution is 5.76. The lowest BCUT2D eigenvalue weighted by atomic mass is 9.94. The number of rotatable bonds is 2. The first-order chi connectivity index (χ1) is 6.11. The third kappa shape index (κ3) is 2.44. The number of hydrogen-bond acceptors (Lipinski definition) is 2. The highest BCUT2D eigenvalue weighted by Crippen LogP contribution is 2.23. The molecule has 0 saturated carbocycles. The average Bonchev–Trinajstić information content (AvgIpc) is 2.17. The number of carbonyl (C=O) groups is 1. The Bertz CT molecular complexity index is 193. The van der Waals surface area contributed by atoms with Crippen LogP contribution in [0.3, 0.4) is 0 Å². The fourth-order valence-electron chi connectivity index (χ4n) is 1.81. The lowest BCUT2D eigenvalue weighted by Crippen LogP contribution is -2.49. The van der Waals surface area contributed by atoms with Gasteiger partial charge in [-0.25, -0.2) is 0 Å². The predicted octanol–water partition coefficient (Wildman–Crippen LogP) is 1.42. The Morgan fingerprint density at radius 1 is 1.62 bits per heavy atom. The van der Waals surface area contributed by atoms with Crippen molar-refractivity contribution >= 4 is 5.91 Å². The van der Waals surface area contributed by atoms with E-state index in [4.69, 9.17) is 4.74 Å². The molecule has 1 saturated heterocycles. The Morgan fingerprint density at radius 2 is 2.31 bits per heavy atom. The number of hydrogen-bond donors (Lipinski definition) is 0. The Balaban J connectivity index is 2.56. The second-order valence-electron chi connectivity index (χ2n) is 3.93. The number of nitrogens with zero attached hydrogens (tertiary/aromatic N) is 1. The molecule has 0 aliphatic carbocycles. The highest BCUT2D eigenvalue weighted by atomic mass is 16.5. The summed E-state index contributed by atoms with van der Waals surface area (Å²) in [6.45, 7) is 5.62. The van der Waals surface area contributed by atoms with E-state index in [1.165, 1.54) is 0 Å². The van der Waals surface area contributed by atoms with Gasteiger partial charge in [-0.3, -0.25) is 4.79 Å². The van der Waals surface area contributed by atoms with E-state index in [-0.39, 0.29) is 11.5 Å². The zero-order valence-corrected chi connectivity index (χ0v) is 8.80. The number of carbonyl (C=O) groups excluding carboxylic acids is 1. The van der Waals surface area contributed by atoms with Gasteiger partial charge in [-0.15, -0.1) is 0 Å². The SMILES string of the molecule is CCC(=O)N1CCCC(C)(OC)C1. The van der Waals surface area contributed by atoms with Crippen molar-refractivity contribution in [2.45, 2.75) is 38.7 Å². The second-order valence-corrected chi connectivity index (χ2v) is 3.93. The van der Waals surface area contributed by atoms with Crippen LogP contribution in [0.1, 0.15) is 33.1 Å². The van der Waals surface area contributed by atoms with Gasteiger partial charge in [0.05, 0.1) is 5.60 Å². The van der Waals surface area contributed by atoms with Crippen LogP contribution in [0.5, 0.6) is 0 Å². The van der Waals surface area contributed by atoms with Gasteiger partial charge in [-0.05, 0) is 19.8 Å². The zero-order valence-electron chi connectivity index (χ0n) is 8.80. The quantitative estimate of drug-likeness (QED) is 0.651. The molecule has 1 aliphatic rings. The summed E-state index contributed by atoms with van der Waals surface area (Å²) < 4.78 is 5.41. The molecule has 0 radical (unpaired) electrons. The van der Waals surface area contributed by atoms with Crippen LogP contribution in [-0.4, -0.2) is 36.6 Å². The van der Waals surface area contributed by atoms with E-state index >= 15 is 0 Å². The van der Waals surface area contributed by atoms with E-state index < -0.39 is 0 Å². The maximum absolute atomic E-state index is 11.4. The molecule has 13 heavy (non-hydrogen) atoms. The minimum absolute atomic E-state index is 0.122. The van der Waals surface area contributed by atoms with Crippen LogP contribution in [0.4, 0.5) is 0 Å². The lowest BCUT2D eigenvalue weighted by molar-refractivity contribution is -0.138. The Hall–Kier alpha value is -0.570.